The van der Waals surface area contributed by atoms with Crippen molar-refractivity contribution in [2.45, 2.75) is 25.9 Å². The van der Waals surface area contributed by atoms with Gasteiger partial charge in [-0.1, -0.05) is 18.1 Å². The molecule has 3 rings (SSSR count). The summed E-state index contributed by atoms with van der Waals surface area (Å²) in [6.07, 6.45) is 1.50. The van der Waals surface area contributed by atoms with Crippen molar-refractivity contribution in [2.75, 3.05) is 38.7 Å². The molecular formula is C18H24N4O3. The van der Waals surface area contributed by atoms with E-state index in [9.17, 15) is 4.79 Å². The van der Waals surface area contributed by atoms with E-state index in [0.29, 0.717) is 25.4 Å². The number of nitrogens with zero attached hydrogens (tertiary/aromatic N) is 4. The first-order chi connectivity index (χ1) is 12.1. The number of rotatable bonds is 5. The van der Waals surface area contributed by atoms with Crippen LogP contribution in [-0.2, 0) is 11.2 Å². The Hall–Kier alpha value is -2.41. The van der Waals surface area contributed by atoms with E-state index in [0.717, 1.165) is 30.1 Å². The van der Waals surface area contributed by atoms with Crippen LogP contribution < -0.4 is 4.90 Å². The van der Waals surface area contributed by atoms with E-state index in [1.165, 1.54) is 0 Å². The van der Waals surface area contributed by atoms with Gasteiger partial charge in [-0.25, -0.2) is 4.98 Å². The molecule has 2 aromatic rings. The summed E-state index contributed by atoms with van der Waals surface area (Å²) in [6, 6.07) is 7.57. The van der Waals surface area contributed by atoms with Crippen molar-refractivity contribution in [1.82, 2.24) is 15.0 Å². The zero-order chi connectivity index (χ0) is 17.8. The Bertz CT molecular complexity index is 729. The van der Waals surface area contributed by atoms with Crippen molar-refractivity contribution < 1.29 is 14.1 Å². The van der Waals surface area contributed by atoms with Crippen LogP contribution >= 0.6 is 0 Å². The first kappa shape index (κ1) is 17.4. The number of pyridine rings is 1. The molecular weight excluding hydrogens is 320 g/mol. The number of amides is 1. The highest BCUT2D eigenvalue weighted by atomic mass is 16.5. The van der Waals surface area contributed by atoms with Crippen LogP contribution in [-0.4, -0.2) is 54.7 Å². The third-order valence-corrected chi connectivity index (χ3v) is 4.17. The minimum atomic E-state index is -0.236. The van der Waals surface area contributed by atoms with E-state index in [2.05, 4.69) is 17.1 Å². The van der Waals surface area contributed by atoms with Crippen molar-refractivity contribution in [3.8, 4) is 0 Å². The molecule has 1 aliphatic heterocycles. The molecule has 0 bridgehead atoms. The van der Waals surface area contributed by atoms with E-state index in [4.69, 9.17) is 9.26 Å². The average Bonchev–Trinajstić information content (AvgIpc) is 3.10. The summed E-state index contributed by atoms with van der Waals surface area (Å²) in [4.78, 5) is 21.0. The molecule has 7 heteroatoms. The fraction of sp³-hybridized carbons (Fsp3) is 0.500. The number of morpholine rings is 1. The van der Waals surface area contributed by atoms with Gasteiger partial charge in [0.05, 0.1) is 18.8 Å². The van der Waals surface area contributed by atoms with Crippen molar-refractivity contribution in [1.29, 1.82) is 0 Å². The molecule has 1 fully saturated rings. The molecule has 2 aromatic heterocycles. The maximum Gasteiger partial charge on any atom is 0.276 e. The van der Waals surface area contributed by atoms with Gasteiger partial charge in [0, 0.05) is 33.1 Å². The third-order valence-electron chi connectivity index (χ3n) is 4.17. The highest BCUT2D eigenvalue weighted by Gasteiger charge is 2.28. The standard InChI is InChI=1S/C18H24N4O3/c1-4-6-13-11-15(20-25-13)18(23)22-9-10-24-16(12-22)14-7-5-8-17(19-14)21(2)3/h5,7-8,11,16H,4,6,9-10,12H2,1-3H3/t16-/m1/s1. The molecule has 1 saturated heterocycles. The summed E-state index contributed by atoms with van der Waals surface area (Å²) in [7, 11) is 3.89. The van der Waals surface area contributed by atoms with Gasteiger partial charge in [0.25, 0.3) is 5.91 Å². The number of carbonyl (C=O) groups excluding carboxylic acids is 1. The molecule has 1 atom stereocenters. The average molecular weight is 344 g/mol. The lowest BCUT2D eigenvalue weighted by molar-refractivity contribution is -0.0249. The Balaban J connectivity index is 1.72. The molecule has 3 heterocycles. The van der Waals surface area contributed by atoms with Crippen LogP contribution in [0, 0.1) is 0 Å². The van der Waals surface area contributed by atoms with E-state index >= 15 is 0 Å². The van der Waals surface area contributed by atoms with Crippen LogP contribution in [0.1, 0.15) is 41.4 Å². The topological polar surface area (TPSA) is 71.7 Å². The second-order valence-corrected chi connectivity index (χ2v) is 6.35. The number of aryl methyl sites for hydroxylation is 1. The number of hydrogen-bond donors (Lipinski definition) is 0. The van der Waals surface area contributed by atoms with E-state index in [1.54, 1.807) is 11.0 Å². The molecule has 0 aliphatic carbocycles. The molecule has 7 nitrogen and oxygen atoms in total. The summed E-state index contributed by atoms with van der Waals surface area (Å²) in [5.74, 6) is 1.49. The largest absolute Gasteiger partial charge is 0.368 e. The lowest BCUT2D eigenvalue weighted by Gasteiger charge is -2.32. The first-order valence-electron chi connectivity index (χ1n) is 8.59. The lowest BCUT2D eigenvalue weighted by atomic mass is 10.1. The van der Waals surface area contributed by atoms with Crippen molar-refractivity contribution >= 4 is 11.7 Å². The summed E-state index contributed by atoms with van der Waals surface area (Å²) < 4.78 is 11.1. The zero-order valence-electron chi connectivity index (χ0n) is 14.9. The fourth-order valence-electron chi connectivity index (χ4n) is 2.82. The summed E-state index contributed by atoms with van der Waals surface area (Å²) in [6.45, 7) is 3.53. The second-order valence-electron chi connectivity index (χ2n) is 6.35. The minimum absolute atomic E-state index is 0.122. The normalized spacial score (nSPS) is 17.6. The van der Waals surface area contributed by atoms with Gasteiger partial charge in [-0.3, -0.25) is 4.79 Å². The third kappa shape index (κ3) is 3.99. The molecule has 134 valence electrons. The minimum Gasteiger partial charge on any atom is -0.368 e. The van der Waals surface area contributed by atoms with Gasteiger partial charge >= 0.3 is 0 Å². The Morgan fingerprint density at radius 2 is 2.24 bits per heavy atom. The SMILES string of the molecule is CCCc1cc(C(=O)N2CCO[C@@H](c3cccc(N(C)C)n3)C2)no1. The Kier molecular flexibility index (Phi) is 5.33. The van der Waals surface area contributed by atoms with Crippen molar-refractivity contribution in [3.05, 3.63) is 41.4 Å². The van der Waals surface area contributed by atoms with Gasteiger partial charge in [0.1, 0.15) is 17.7 Å². The number of carbonyl (C=O) groups is 1. The summed E-state index contributed by atoms with van der Waals surface area (Å²) in [5, 5.41) is 3.92. The number of anilines is 1. The number of aromatic nitrogens is 2. The van der Waals surface area contributed by atoms with Crippen LogP contribution in [0.3, 0.4) is 0 Å². The lowest BCUT2D eigenvalue weighted by Crippen LogP contribution is -2.42. The molecule has 0 unspecified atom stereocenters. The van der Waals surface area contributed by atoms with Crippen LogP contribution in [0.25, 0.3) is 0 Å². The number of hydrogen-bond acceptors (Lipinski definition) is 6. The highest BCUT2D eigenvalue weighted by Crippen LogP contribution is 2.23. The quantitative estimate of drug-likeness (QED) is 0.829. The predicted octanol–water partition coefficient (Wildman–Crippen LogP) is 2.30. The summed E-state index contributed by atoms with van der Waals surface area (Å²) >= 11 is 0. The van der Waals surface area contributed by atoms with E-state index in [-0.39, 0.29) is 12.0 Å². The van der Waals surface area contributed by atoms with Gasteiger partial charge in [-0.05, 0) is 18.6 Å². The van der Waals surface area contributed by atoms with Crippen LogP contribution in [0.2, 0.25) is 0 Å². The first-order valence-corrected chi connectivity index (χ1v) is 8.59. The van der Waals surface area contributed by atoms with Crippen molar-refractivity contribution in [3.63, 3.8) is 0 Å². The van der Waals surface area contributed by atoms with Crippen molar-refractivity contribution in [2.24, 2.45) is 0 Å². The molecule has 25 heavy (non-hydrogen) atoms. The molecule has 0 saturated carbocycles. The molecule has 1 aliphatic rings. The van der Waals surface area contributed by atoms with Gasteiger partial charge in [0.2, 0.25) is 0 Å². The molecule has 1 amide bonds. The fourth-order valence-corrected chi connectivity index (χ4v) is 2.82. The Labute approximate surface area is 147 Å². The maximum absolute atomic E-state index is 12.7. The molecule has 0 radical (unpaired) electrons. The Morgan fingerprint density at radius 1 is 1.40 bits per heavy atom. The monoisotopic (exact) mass is 344 g/mol. The van der Waals surface area contributed by atoms with E-state index < -0.39 is 0 Å². The smallest absolute Gasteiger partial charge is 0.276 e. The maximum atomic E-state index is 12.7. The second kappa shape index (κ2) is 7.65. The van der Waals surface area contributed by atoms with E-state index in [1.807, 2.05) is 37.2 Å². The van der Waals surface area contributed by atoms with Crippen LogP contribution in [0.5, 0.6) is 0 Å². The Morgan fingerprint density at radius 3 is 3.00 bits per heavy atom. The van der Waals surface area contributed by atoms with Gasteiger partial charge in [-0.2, -0.15) is 0 Å². The molecule has 0 aromatic carbocycles. The molecule has 0 spiro atoms. The predicted molar refractivity (Wildman–Crippen MR) is 93.7 cm³/mol. The van der Waals surface area contributed by atoms with Crippen LogP contribution in [0.15, 0.2) is 28.8 Å². The zero-order valence-corrected chi connectivity index (χ0v) is 14.9. The molecule has 0 N–H and O–H groups in total. The van der Waals surface area contributed by atoms with Crippen LogP contribution in [0.4, 0.5) is 5.82 Å². The highest BCUT2D eigenvalue weighted by molar-refractivity contribution is 5.92. The summed E-state index contributed by atoms with van der Waals surface area (Å²) in [5.41, 5.74) is 1.19. The number of ether oxygens (including phenoxy) is 1. The van der Waals surface area contributed by atoms with Gasteiger partial charge < -0.3 is 19.1 Å². The van der Waals surface area contributed by atoms with Gasteiger partial charge in [0.15, 0.2) is 5.69 Å². The van der Waals surface area contributed by atoms with Gasteiger partial charge in [-0.15, -0.1) is 0 Å².